The van der Waals surface area contributed by atoms with E-state index in [0.29, 0.717) is 5.56 Å². The first-order chi connectivity index (χ1) is 7.96. The molecule has 0 bridgehead atoms. The van der Waals surface area contributed by atoms with E-state index in [9.17, 15) is 13.2 Å². The maximum Gasteiger partial charge on any atom is 0.519 e. The number of hydrogen-bond acceptors (Lipinski definition) is 5. The van der Waals surface area contributed by atoms with Gasteiger partial charge in [-0.15, -0.1) is 0 Å². The lowest BCUT2D eigenvalue weighted by atomic mass is 10.1. The molecule has 17 heavy (non-hydrogen) atoms. The minimum absolute atomic E-state index is 0.0832. The molecule has 1 aromatic carbocycles. The van der Waals surface area contributed by atoms with E-state index in [2.05, 4.69) is 4.42 Å². The number of rotatable bonds is 3. The van der Waals surface area contributed by atoms with Gasteiger partial charge in [0.25, 0.3) is 0 Å². The fourth-order valence-electron chi connectivity index (χ4n) is 1.37. The summed E-state index contributed by atoms with van der Waals surface area (Å²) in [5.41, 5.74) is 0.550. The van der Waals surface area contributed by atoms with Crippen molar-refractivity contribution in [3.05, 3.63) is 46.7 Å². The Kier molecular flexibility index (Phi) is 3.08. The van der Waals surface area contributed by atoms with E-state index in [1.807, 2.05) is 0 Å². The van der Waals surface area contributed by atoms with E-state index in [1.54, 1.807) is 30.3 Å². The van der Waals surface area contributed by atoms with Crippen molar-refractivity contribution in [3.8, 4) is 11.3 Å². The fourth-order valence-corrected chi connectivity index (χ4v) is 2.17. The van der Waals surface area contributed by atoms with Crippen LogP contribution in [0.3, 0.4) is 0 Å². The van der Waals surface area contributed by atoms with Crippen molar-refractivity contribution < 1.29 is 17.3 Å². The van der Waals surface area contributed by atoms with Crippen molar-refractivity contribution in [1.82, 2.24) is 0 Å². The Morgan fingerprint density at radius 1 is 1.12 bits per heavy atom. The van der Waals surface area contributed by atoms with Crippen LogP contribution in [-0.2, 0) is 14.8 Å². The molecule has 0 amide bonds. The van der Waals surface area contributed by atoms with Crippen molar-refractivity contribution in [2.45, 2.75) is 5.75 Å². The van der Waals surface area contributed by atoms with E-state index < -0.39 is 20.6 Å². The van der Waals surface area contributed by atoms with Crippen LogP contribution in [-0.4, -0.2) is 8.42 Å². The van der Waals surface area contributed by atoms with Gasteiger partial charge in [-0.05, 0) is 0 Å². The average molecular weight is 275 g/mol. The fraction of sp³-hybridized carbons (Fsp3) is 0.100. The number of halogens is 1. The standard InChI is InChI=1S/C10H7ClO5S/c11-17(13,14)6-8-9(16-10(12)15-8)7-4-2-1-3-5-7/h1-5H,6H2. The lowest BCUT2D eigenvalue weighted by molar-refractivity contribution is 0.380. The van der Waals surface area contributed by atoms with E-state index >= 15 is 0 Å². The van der Waals surface area contributed by atoms with Gasteiger partial charge < -0.3 is 8.83 Å². The highest BCUT2D eigenvalue weighted by Crippen LogP contribution is 2.24. The molecule has 0 unspecified atom stereocenters. The first kappa shape index (κ1) is 11.9. The summed E-state index contributed by atoms with van der Waals surface area (Å²) >= 11 is 0. The second kappa shape index (κ2) is 4.38. The first-order valence-corrected chi connectivity index (χ1v) is 7.04. The Bertz CT molecular complexity index is 668. The largest absolute Gasteiger partial charge is 0.519 e. The maximum atomic E-state index is 11.0. The van der Waals surface area contributed by atoms with Gasteiger partial charge in [0.1, 0.15) is 5.75 Å². The Morgan fingerprint density at radius 2 is 1.76 bits per heavy atom. The molecule has 1 heterocycles. The topological polar surface area (TPSA) is 77.5 Å². The van der Waals surface area contributed by atoms with Crippen molar-refractivity contribution in [2.24, 2.45) is 0 Å². The maximum absolute atomic E-state index is 11.0. The first-order valence-electron chi connectivity index (χ1n) is 4.56. The molecule has 90 valence electrons. The molecule has 0 radical (unpaired) electrons. The van der Waals surface area contributed by atoms with Crippen LogP contribution in [0.4, 0.5) is 0 Å². The smallest absolute Gasteiger partial charge is 0.394 e. The number of hydrogen-bond donors (Lipinski definition) is 0. The van der Waals surface area contributed by atoms with Crippen LogP contribution >= 0.6 is 10.7 Å². The third-order valence-corrected chi connectivity index (χ3v) is 2.92. The third kappa shape index (κ3) is 2.98. The second-order valence-electron chi connectivity index (χ2n) is 3.26. The molecule has 0 atom stereocenters. The van der Waals surface area contributed by atoms with Gasteiger partial charge in [0, 0.05) is 16.2 Å². The van der Waals surface area contributed by atoms with Gasteiger partial charge >= 0.3 is 5.82 Å². The van der Waals surface area contributed by atoms with Crippen LogP contribution in [0.25, 0.3) is 11.3 Å². The predicted octanol–water partition coefficient (Wildman–Crippen LogP) is 1.97. The Labute approximate surface area is 101 Å². The predicted molar refractivity (Wildman–Crippen MR) is 61.2 cm³/mol. The molecule has 5 nitrogen and oxygen atoms in total. The van der Waals surface area contributed by atoms with Crippen LogP contribution in [0.5, 0.6) is 0 Å². The van der Waals surface area contributed by atoms with Crippen molar-refractivity contribution in [1.29, 1.82) is 0 Å². The Balaban J connectivity index is 2.52. The van der Waals surface area contributed by atoms with E-state index in [1.165, 1.54) is 0 Å². The van der Waals surface area contributed by atoms with E-state index in [-0.39, 0.29) is 11.5 Å². The van der Waals surface area contributed by atoms with Crippen LogP contribution < -0.4 is 5.82 Å². The zero-order chi connectivity index (χ0) is 12.5. The minimum Gasteiger partial charge on any atom is -0.394 e. The highest BCUT2D eigenvalue weighted by molar-refractivity contribution is 8.13. The normalized spacial score (nSPS) is 11.6. The van der Waals surface area contributed by atoms with Crippen LogP contribution in [0.2, 0.25) is 0 Å². The lowest BCUT2D eigenvalue weighted by Crippen LogP contribution is -1.95. The molecule has 1 aromatic heterocycles. The van der Waals surface area contributed by atoms with Gasteiger partial charge in [0.2, 0.25) is 9.05 Å². The molecule has 0 N–H and O–H groups in total. The molecule has 0 spiro atoms. The van der Waals surface area contributed by atoms with Gasteiger partial charge in [-0.25, -0.2) is 13.2 Å². The SMILES string of the molecule is O=c1oc(CS(=O)(=O)Cl)c(-c2ccccc2)o1. The lowest BCUT2D eigenvalue weighted by Gasteiger charge is -1.97. The molecule has 0 fully saturated rings. The summed E-state index contributed by atoms with van der Waals surface area (Å²) < 4.78 is 31.4. The minimum atomic E-state index is -3.81. The highest BCUT2D eigenvalue weighted by atomic mass is 35.7. The quantitative estimate of drug-likeness (QED) is 0.800. The summed E-state index contributed by atoms with van der Waals surface area (Å²) in [6.07, 6.45) is 0. The van der Waals surface area contributed by atoms with Gasteiger partial charge in [-0.3, -0.25) is 0 Å². The van der Waals surface area contributed by atoms with Gasteiger partial charge in [0.05, 0.1) is 0 Å². The molecule has 0 aliphatic rings. The molecule has 0 saturated carbocycles. The number of benzene rings is 1. The van der Waals surface area contributed by atoms with Crippen molar-refractivity contribution >= 4 is 19.7 Å². The monoisotopic (exact) mass is 274 g/mol. The summed E-state index contributed by atoms with van der Waals surface area (Å²) in [7, 11) is 1.29. The summed E-state index contributed by atoms with van der Waals surface area (Å²) in [6.45, 7) is 0. The Hall–Kier alpha value is -1.53. The molecular weight excluding hydrogens is 268 g/mol. The highest BCUT2D eigenvalue weighted by Gasteiger charge is 2.20. The van der Waals surface area contributed by atoms with Crippen molar-refractivity contribution in [3.63, 3.8) is 0 Å². The third-order valence-electron chi connectivity index (χ3n) is 1.98. The average Bonchev–Trinajstić information content (AvgIpc) is 2.58. The summed E-state index contributed by atoms with van der Waals surface area (Å²) in [4.78, 5) is 11.0. The van der Waals surface area contributed by atoms with Crippen LogP contribution in [0, 0.1) is 0 Å². The Morgan fingerprint density at radius 3 is 2.35 bits per heavy atom. The summed E-state index contributed by atoms with van der Waals surface area (Å²) in [5.74, 6) is -1.57. The second-order valence-corrected chi connectivity index (χ2v) is 6.03. The van der Waals surface area contributed by atoms with Crippen LogP contribution in [0.1, 0.15) is 5.76 Å². The molecule has 2 rings (SSSR count). The van der Waals surface area contributed by atoms with Gasteiger partial charge in [-0.2, -0.15) is 0 Å². The molecule has 0 aliphatic carbocycles. The molecule has 0 saturated heterocycles. The molecular formula is C10H7ClO5S. The van der Waals surface area contributed by atoms with Crippen LogP contribution in [0.15, 0.2) is 44.0 Å². The molecule has 0 aliphatic heterocycles. The molecule has 2 aromatic rings. The van der Waals surface area contributed by atoms with Gasteiger partial charge in [0.15, 0.2) is 11.5 Å². The summed E-state index contributed by atoms with van der Waals surface area (Å²) in [5, 5.41) is 0. The van der Waals surface area contributed by atoms with E-state index in [4.69, 9.17) is 15.1 Å². The zero-order valence-electron chi connectivity index (χ0n) is 8.42. The summed E-state index contributed by atoms with van der Waals surface area (Å²) in [6, 6.07) is 8.55. The molecule has 7 heteroatoms. The zero-order valence-corrected chi connectivity index (χ0v) is 9.99. The van der Waals surface area contributed by atoms with E-state index in [0.717, 1.165) is 0 Å². The van der Waals surface area contributed by atoms with Gasteiger partial charge in [-0.1, -0.05) is 30.3 Å². The van der Waals surface area contributed by atoms with Crippen molar-refractivity contribution in [2.75, 3.05) is 0 Å².